The van der Waals surface area contributed by atoms with E-state index in [1.807, 2.05) is 36.4 Å². The van der Waals surface area contributed by atoms with Crippen molar-refractivity contribution in [3.63, 3.8) is 0 Å². The summed E-state index contributed by atoms with van der Waals surface area (Å²) in [6, 6.07) is 11.5. The van der Waals surface area contributed by atoms with Gasteiger partial charge in [-0.2, -0.15) is 0 Å². The van der Waals surface area contributed by atoms with Crippen molar-refractivity contribution in [1.82, 2.24) is 15.0 Å². The van der Waals surface area contributed by atoms with Crippen LogP contribution in [0.15, 0.2) is 47.1 Å². The summed E-state index contributed by atoms with van der Waals surface area (Å²) in [5, 5.41) is 15.7. The van der Waals surface area contributed by atoms with Crippen LogP contribution in [-0.2, 0) is 6.42 Å². The molecule has 0 radical (unpaired) electrons. The Balaban J connectivity index is 1.14. The summed E-state index contributed by atoms with van der Waals surface area (Å²) < 4.78 is 5.82. The number of aromatic nitrogens is 2. The van der Waals surface area contributed by atoms with Crippen molar-refractivity contribution in [1.29, 1.82) is 0 Å². The largest absolute Gasteiger partial charge is 0.478 e. The van der Waals surface area contributed by atoms with Gasteiger partial charge in [0.15, 0.2) is 0 Å². The Morgan fingerprint density at radius 1 is 1.11 bits per heavy atom. The zero-order valence-corrected chi connectivity index (χ0v) is 21.1. The molecule has 0 unspecified atom stereocenters. The molecule has 1 aliphatic carbocycles. The summed E-state index contributed by atoms with van der Waals surface area (Å²) in [6.45, 7) is 4.59. The Morgan fingerprint density at radius 2 is 1.86 bits per heavy atom. The van der Waals surface area contributed by atoms with Gasteiger partial charge in [0.05, 0.1) is 15.6 Å². The van der Waals surface area contributed by atoms with Crippen LogP contribution in [0.3, 0.4) is 0 Å². The van der Waals surface area contributed by atoms with Gasteiger partial charge in [0.2, 0.25) is 0 Å². The number of fused-ring (bicyclic) bond motifs is 1. The lowest BCUT2D eigenvalue weighted by atomic mass is 10.0. The molecule has 3 heterocycles. The van der Waals surface area contributed by atoms with Gasteiger partial charge in [-0.05, 0) is 49.6 Å². The number of benzene rings is 2. The van der Waals surface area contributed by atoms with Crippen LogP contribution in [0.5, 0.6) is 0 Å². The number of aromatic carboxylic acids is 1. The van der Waals surface area contributed by atoms with Crippen LogP contribution >= 0.6 is 23.2 Å². The van der Waals surface area contributed by atoms with E-state index in [4.69, 9.17) is 27.7 Å². The fourth-order valence-corrected chi connectivity index (χ4v) is 5.71. The summed E-state index contributed by atoms with van der Waals surface area (Å²) in [7, 11) is 0. The Bertz CT molecular complexity index is 1410. The molecule has 2 fully saturated rings. The highest BCUT2D eigenvalue weighted by Gasteiger charge is 2.33. The Hall–Kier alpha value is -3.00. The van der Waals surface area contributed by atoms with E-state index in [0.29, 0.717) is 21.5 Å². The van der Waals surface area contributed by atoms with Crippen LogP contribution in [0.4, 0.5) is 5.69 Å². The first-order valence-electron chi connectivity index (χ1n) is 12.2. The fourth-order valence-electron chi connectivity index (χ4n) is 5.14. The van der Waals surface area contributed by atoms with Crippen molar-refractivity contribution in [3.8, 4) is 11.3 Å². The average Bonchev–Trinajstić information content (AvgIpc) is 3.49. The van der Waals surface area contributed by atoms with Crippen molar-refractivity contribution >= 4 is 45.8 Å². The first-order valence-corrected chi connectivity index (χ1v) is 13.0. The second-order valence-electron chi connectivity index (χ2n) is 9.56. The molecule has 0 amide bonds. The van der Waals surface area contributed by atoms with Gasteiger partial charge < -0.3 is 19.5 Å². The zero-order chi connectivity index (χ0) is 24.8. The summed E-state index contributed by atoms with van der Waals surface area (Å²) in [5.41, 5.74) is 4.90. The molecule has 0 bridgehead atoms. The molecule has 6 rings (SSSR count). The normalized spacial score (nSPS) is 16.7. The van der Waals surface area contributed by atoms with Crippen LogP contribution in [0, 0.1) is 0 Å². The smallest absolute Gasteiger partial charge is 0.337 e. The molecule has 1 aliphatic heterocycles. The van der Waals surface area contributed by atoms with Gasteiger partial charge in [-0.15, -0.1) is 0 Å². The Labute approximate surface area is 218 Å². The van der Waals surface area contributed by atoms with Gasteiger partial charge in [0.1, 0.15) is 11.5 Å². The quantitative estimate of drug-likeness (QED) is 0.305. The third-order valence-corrected chi connectivity index (χ3v) is 7.91. The highest BCUT2D eigenvalue weighted by Crippen LogP contribution is 2.46. The summed E-state index contributed by atoms with van der Waals surface area (Å²) in [5.74, 6) is 0.517. The van der Waals surface area contributed by atoms with Crippen molar-refractivity contribution in [2.24, 2.45) is 0 Å². The SMILES string of the molecule is O=C(O)c1c[nH]c2cc(N3CCN(CCc4c(-c5c(Cl)cccc5Cl)noc4C4CC4)CC3)ccc12. The van der Waals surface area contributed by atoms with Gasteiger partial charge in [0.25, 0.3) is 0 Å². The first-order chi connectivity index (χ1) is 17.5. The number of carboxylic acid groups (broad SMARTS) is 1. The number of carbonyl (C=O) groups is 1. The van der Waals surface area contributed by atoms with E-state index in [0.717, 1.165) is 91.2 Å². The van der Waals surface area contributed by atoms with Crippen LogP contribution in [0.25, 0.3) is 22.2 Å². The van der Waals surface area contributed by atoms with E-state index in [1.54, 1.807) is 6.20 Å². The zero-order valence-electron chi connectivity index (χ0n) is 19.6. The lowest BCUT2D eigenvalue weighted by Crippen LogP contribution is -2.47. The Kier molecular flexibility index (Phi) is 6.15. The van der Waals surface area contributed by atoms with E-state index < -0.39 is 5.97 Å². The summed E-state index contributed by atoms with van der Waals surface area (Å²) in [6.07, 6.45) is 4.66. The third kappa shape index (κ3) is 4.36. The molecule has 1 saturated heterocycles. The number of aromatic amines is 1. The summed E-state index contributed by atoms with van der Waals surface area (Å²) >= 11 is 13.0. The number of nitrogens with zero attached hydrogens (tertiary/aromatic N) is 3. The van der Waals surface area contributed by atoms with E-state index in [9.17, 15) is 9.90 Å². The maximum atomic E-state index is 11.4. The van der Waals surface area contributed by atoms with Crippen molar-refractivity contribution < 1.29 is 14.4 Å². The lowest BCUT2D eigenvalue weighted by Gasteiger charge is -2.36. The van der Waals surface area contributed by atoms with E-state index in [-0.39, 0.29) is 0 Å². The van der Waals surface area contributed by atoms with Gasteiger partial charge in [-0.1, -0.05) is 34.4 Å². The number of rotatable bonds is 7. The molecule has 186 valence electrons. The molecule has 0 spiro atoms. The van der Waals surface area contributed by atoms with Crippen LogP contribution < -0.4 is 4.90 Å². The molecule has 0 atom stereocenters. The van der Waals surface area contributed by atoms with Gasteiger partial charge in [-0.25, -0.2) is 4.79 Å². The molecule has 7 nitrogen and oxygen atoms in total. The number of anilines is 1. The third-order valence-electron chi connectivity index (χ3n) is 7.28. The molecule has 9 heteroatoms. The van der Waals surface area contributed by atoms with Crippen LogP contribution in [0.1, 0.15) is 40.4 Å². The van der Waals surface area contributed by atoms with Gasteiger partial charge >= 0.3 is 5.97 Å². The Morgan fingerprint density at radius 3 is 2.56 bits per heavy atom. The maximum Gasteiger partial charge on any atom is 0.337 e. The van der Waals surface area contributed by atoms with E-state index >= 15 is 0 Å². The molecule has 4 aromatic rings. The predicted octanol–water partition coefficient (Wildman–Crippen LogP) is 6.07. The minimum atomic E-state index is -0.916. The van der Waals surface area contributed by atoms with Crippen LogP contribution in [-0.4, -0.2) is 58.8 Å². The molecule has 2 aromatic heterocycles. The number of piperazine rings is 1. The lowest BCUT2D eigenvalue weighted by molar-refractivity contribution is 0.0699. The van der Waals surface area contributed by atoms with Crippen LogP contribution in [0.2, 0.25) is 10.0 Å². The van der Waals surface area contributed by atoms with Gasteiger partial charge in [-0.3, -0.25) is 4.90 Å². The molecular weight excluding hydrogens is 499 g/mol. The molecular formula is C27H26Cl2N4O3. The second-order valence-corrected chi connectivity index (χ2v) is 10.4. The number of hydrogen-bond donors (Lipinski definition) is 2. The molecule has 36 heavy (non-hydrogen) atoms. The maximum absolute atomic E-state index is 11.4. The first kappa shape index (κ1) is 23.4. The fraction of sp³-hybridized carbons (Fsp3) is 0.333. The van der Waals surface area contributed by atoms with Crippen molar-refractivity contribution in [2.45, 2.75) is 25.2 Å². The monoisotopic (exact) mass is 524 g/mol. The minimum Gasteiger partial charge on any atom is -0.478 e. The number of hydrogen-bond acceptors (Lipinski definition) is 5. The second kappa shape index (κ2) is 9.47. The van der Waals surface area contributed by atoms with Crippen molar-refractivity contribution in [2.75, 3.05) is 37.6 Å². The standard InChI is InChI=1S/C27H26Cl2N4O3/c28-21-2-1-3-22(29)24(21)25-19(26(36-31-25)16-4-5-16)8-9-32-10-12-33(13-11-32)17-6-7-18-20(27(34)35)15-30-23(18)14-17/h1-3,6-7,14-16,30H,4-5,8-13H2,(H,34,35). The number of halogens is 2. The number of carboxylic acids is 1. The molecule has 2 aromatic carbocycles. The van der Waals surface area contributed by atoms with E-state index in [2.05, 4.69) is 19.9 Å². The molecule has 2 aliphatic rings. The van der Waals surface area contributed by atoms with E-state index in [1.165, 1.54) is 0 Å². The van der Waals surface area contributed by atoms with Crippen molar-refractivity contribution in [3.05, 3.63) is 69.5 Å². The molecule has 1 saturated carbocycles. The summed E-state index contributed by atoms with van der Waals surface area (Å²) in [4.78, 5) is 19.3. The molecule has 2 N–H and O–H groups in total. The average molecular weight is 525 g/mol. The number of nitrogens with one attached hydrogen (secondary N) is 1. The minimum absolute atomic E-state index is 0.304. The number of H-pyrrole nitrogens is 1. The highest BCUT2D eigenvalue weighted by atomic mass is 35.5. The highest BCUT2D eigenvalue weighted by molar-refractivity contribution is 6.39. The van der Waals surface area contributed by atoms with Gasteiger partial charge in [0, 0.05) is 72.6 Å². The topological polar surface area (TPSA) is 85.6 Å². The predicted molar refractivity (Wildman–Crippen MR) is 142 cm³/mol.